The van der Waals surface area contributed by atoms with Crippen molar-refractivity contribution in [1.82, 2.24) is 4.31 Å². The normalized spacial score (nSPS) is 15.3. The summed E-state index contributed by atoms with van der Waals surface area (Å²) in [6.45, 7) is 1.23. The van der Waals surface area contributed by atoms with E-state index in [1.807, 2.05) is 0 Å². The molecule has 0 radical (unpaired) electrons. The highest BCUT2D eigenvalue weighted by atomic mass is 32.2. The molecule has 2 N–H and O–H groups in total. The highest BCUT2D eigenvalue weighted by Gasteiger charge is 2.24. The molecule has 0 unspecified atom stereocenters. The lowest BCUT2D eigenvalue weighted by molar-refractivity contribution is -0.114. The Hall–Kier alpha value is -2.58. The molecule has 1 aliphatic rings. The van der Waals surface area contributed by atoms with Crippen LogP contribution in [-0.2, 0) is 14.8 Å². The molecule has 0 bridgehead atoms. The first kappa shape index (κ1) is 21.1. The Morgan fingerprint density at radius 3 is 2.10 bits per heavy atom. The first-order valence-electron chi connectivity index (χ1n) is 9.77. The second kappa shape index (κ2) is 9.76. The Kier molecular flexibility index (Phi) is 7.11. The summed E-state index contributed by atoms with van der Waals surface area (Å²) in [6.07, 6.45) is 3.96. The quantitative estimate of drug-likeness (QED) is 0.722. The molecule has 7 nitrogen and oxygen atoms in total. The molecule has 3 rings (SSSR count). The molecule has 1 saturated heterocycles. The fraction of sp³-hybridized carbons (Fsp3) is 0.381. The highest BCUT2D eigenvalue weighted by Crippen LogP contribution is 2.22. The van der Waals surface area contributed by atoms with E-state index < -0.39 is 10.0 Å². The number of sulfonamides is 1. The number of hydrogen-bond acceptors (Lipinski definition) is 5. The molecule has 0 aromatic heterocycles. The smallest absolute Gasteiger partial charge is 0.243 e. The van der Waals surface area contributed by atoms with Gasteiger partial charge in [-0.2, -0.15) is 4.31 Å². The molecule has 0 spiro atoms. The molecule has 1 fully saturated rings. The van der Waals surface area contributed by atoms with Crippen LogP contribution in [0, 0.1) is 0 Å². The van der Waals surface area contributed by atoms with E-state index in [2.05, 4.69) is 10.6 Å². The molecule has 156 valence electrons. The highest BCUT2D eigenvalue weighted by molar-refractivity contribution is 7.89. The van der Waals surface area contributed by atoms with E-state index in [9.17, 15) is 13.2 Å². The van der Waals surface area contributed by atoms with Crippen LogP contribution in [0.25, 0.3) is 0 Å². The molecule has 1 aliphatic heterocycles. The number of methoxy groups -OCH3 is 1. The molecule has 2 aromatic carbocycles. The van der Waals surface area contributed by atoms with Gasteiger partial charge in [0.25, 0.3) is 0 Å². The summed E-state index contributed by atoms with van der Waals surface area (Å²) in [4.78, 5) is 12.4. The van der Waals surface area contributed by atoms with Crippen LogP contribution in [0.5, 0.6) is 5.75 Å². The topological polar surface area (TPSA) is 87.7 Å². The largest absolute Gasteiger partial charge is 0.497 e. The summed E-state index contributed by atoms with van der Waals surface area (Å²) in [7, 11) is -1.88. The van der Waals surface area contributed by atoms with Gasteiger partial charge >= 0.3 is 0 Å². The van der Waals surface area contributed by atoms with Crippen molar-refractivity contribution in [3.63, 3.8) is 0 Å². The lowest BCUT2D eigenvalue weighted by Crippen LogP contribution is -2.31. The number of nitrogens with zero attached hydrogens (tertiary/aromatic N) is 1. The molecule has 1 heterocycles. The number of carbonyl (C=O) groups is 1. The summed E-state index contributed by atoms with van der Waals surface area (Å²) in [5, 5.41) is 5.80. The molecule has 0 aliphatic carbocycles. The number of amides is 1. The predicted molar refractivity (Wildman–Crippen MR) is 114 cm³/mol. The fourth-order valence-electron chi connectivity index (χ4n) is 3.24. The molecule has 2 aromatic rings. The third-order valence-corrected chi connectivity index (χ3v) is 6.80. The molecular formula is C21H27N3O4S. The third kappa shape index (κ3) is 5.71. The maximum absolute atomic E-state index is 12.8. The van der Waals surface area contributed by atoms with Crippen molar-refractivity contribution in [3.8, 4) is 5.75 Å². The van der Waals surface area contributed by atoms with Gasteiger partial charge in [-0.05, 0) is 61.4 Å². The van der Waals surface area contributed by atoms with Crippen LogP contribution in [0.3, 0.4) is 0 Å². The molecule has 8 heteroatoms. The van der Waals surface area contributed by atoms with E-state index in [-0.39, 0.29) is 17.3 Å². The van der Waals surface area contributed by atoms with Crippen LogP contribution < -0.4 is 15.4 Å². The Bertz CT molecular complexity index is 904. The maximum atomic E-state index is 12.8. The Morgan fingerprint density at radius 2 is 1.52 bits per heavy atom. The summed E-state index contributed by atoms with van der Waals surface area (Å²) in [5.74, 6) is 0.521. The molecule has 29 heavy (non-hydrogen) atoms. The number of anilines is 2. The van der Waals surface area contributed by atoms with Gasteiger partial charge < -0.3 is 15.4 Å². The van der Waals surface area contributed by atoms with Gasteiger partial charge in [-0.25, -0.2) is 8.42 Å². The summed E-state index contributed by atoms with van der Waals surface area (Å²) in [5.41, 5.74) is 1.36. The van der Waals surface area contributed by atoms with E-state index in [0.717, 1.165) is 31.4 Å². The Morgan fingerprint density at radius 1 is 0.931 bits per heavy atom. The van der Waals surface area contributed by atoms with E-state index in [1.54, 1.807) is 59.9 Å². The average Bonchev–Trinajstić information content (AvgIpc) is 3.03. The van der Waals surface area contributed by atoms with Gasteiger partial charge in [0.2, 0.25) is 15.9 Å². The fourth-order valence-corrected chi connectivity index (χ4v) is 4.75. The standard InChI is InChI=1S/C21H27N3O4S/c1-28-19-10-6-18(7-11-19)23-21(25)16-22-17-8-12-20(13-9-17)29(26,27)24-14-4-2-3-5-15-24/h6-13,22H,2-5,14-16H2,1H3,(H,23,25). The minimum Gasteiger partial charge on any atom is -0.497 e. The van der Waals surface area contributed by atoms with Crippen LogP contribution >= 0.6 is 0 Å². The third-order valence-electron chi connectivity index (χ3n) is 4.88. The predicted octanol–water partition coefficient (Wildman–Crippen LogP) is 3.31. The van der Waals surface area contributed by atoms with Crippen LogP contribution in [-0.4, -0.2) is 45.4 Å². The number of nitrogens with one attached hydrogen (secondary N) is 2. The van der Waals surface area contributed by atoms with Crippen LogP contribution in [0.15, 0.2) is 53.4 Å². The SMILES string of the molecule is COc1ccc(NC(=O)CNc2ccc(S(=O)(=O)N3CCCCCC3)cc2)cc1. The summed E-state index contributed by atoms with van der Waals surface area (Å²) < 4.78 is 32.3. The number of carbonyl (C=O) groups excluding carboxylic acids is 1. The van der Waals surface area contributed by atoms with Crippen LogP contribution in [0.4, 0.5) is 11.4 Å². The van der Waals surface area contributed by atoms with E-state index in [0.29, 0.717) is 24.5 Å². The van der Waals surface area contributed by atoms with Gasteiger partial charge in [-0.15, -0.1) is 0 Å². The lowest BCUT2D eigenvalue weighted by atomic mass is 10.2. The van der Waals surface area contributed by atoms with Crippen molar-refractivity contribution < 1.29 is 17.9 Å². The second-order valence-corrected chi connectivity index (χ2v) is 8.91. The summed E-state index contributed by atoms with van der Waals surface area (Å²) in [6, 6.07) is 13.6. The molecule has 0 saturated carbocycles. The monoisotopic (exact) mass is 417 g/mol. The van der Waals surface area contributed by atoms with Gasteiger partial charge in [0.15, 0.2) is 0 Å². The minimum atomic E-state index is -3.46. The van der Waals surface area contributed by atoms with Crippen molar-refractivity contribution >= 4 is 27.3 Å². The van der Waals surface area contributed by atoms with E-state index >= 15 is 0 Å². The van der Waals surface area contributed by atoms with Gasteiger partial charge in [-0.1, -0.05) is 12.8 Å². The van der Waals surface area contributed by atoms with Crippen molar-refractivity contribution in [1.29, 1.82) is 0 Å². The van der Waals surface area contributed by atoms with Gasteiger partial charge in [0.1, 0.15) is 5.75 Å². The van der Waals surface area contributed by atoms with Gasteiger partial charge in [-0.3, -0.25) is 4.79 Å². The van der Waals surface area contributed by atoms with Crippen molar-refractivity contribution in [2.24, 2.45) is 0 Å². The first-order valence-corrected chi connectivity index (χ1v) is 11.2. The molecular weight excluding hydrogens is 390 g/mol. The van der Waals surface area contributed by atoms with Crippen molar-refractivity contribution in [3.05, 3.63) is 48.5 Å². The Balaban J connectivity index is 1.55. The lowest BCUT2D eigenvalue weighted by Gasteiger charge is -2.20. The number of ether oxygens (including phenoxy) is 1. The Labute approximate surface area is 172 Å². The van der Waals surface area contributed by atoms with E-state index in [1.165, 1.54) is 0 Å². The molecule has 0 atom stereocenters. The summed E-state index contributed by atoms with van der Waals surface area (Å²) >= 11 is 0. The van der Waals surface area contributed by atoms with Gasteiger partial charge in [0, 0.05) is 24.5 Å². The zero-order valence-corrected chi connectivity index (χ0v) is 17.4. The van der Waals surface area contributed by atoms with E-state index in [4.69, 9.17) is 4.74 Å². The minimum absolute atomic E-state index is 0.0737. The average molecular weight is 418 g/mol. The van der Waals surface area contributed by atoms with Crippen molar-refractivity contribution in [2.75, 3.05) is 37.4 Å². The zero-order valence-electron chi connectivity index (χ0n) is 16.6. The van der Waals surface area contributed by atoms with Crippen LogP contribution in [0.2, 0.25) is 0 Å². The van der Waals surface area contributed by atoms with Gasteiger partial charge in [0.05, 0.1) is 18.6 Å². The first-order chi connectivity index (χ1) is 14.0. The number of rotatable bonds is 7. The maximum Gasteiger partial charge on any atom is 0.243 e. The second-order valence-electron chi connectivity index (χ2n) is 6.97. The van der Waals surface area contributed by atoms with Crippen LogP contribution in [0.1, 0.15) is 25.7 Å². The number of benzene rings is 2. The van der Waals surface area contributed by atoms with Crippen molar-refractivity contribution in [2.45, 2.75) is 30.6 Å². The number of hydrogen-bond donors (Lipinski definition) is 2. The zero-order chi connectivity index (χ0) is 20.7. The molecule has 1 amide bonds.